The van der Waals surface area contributed by atoms with Crippen LogP contribution in [0.2, 0.25) is 0 Å². The summed E-state index contributed by atoms with van der Waals surface area (Å²) < 4.78 is 4.77. The summed E-state index contributed by atoms with van der Waals surface area (Å²) in [6, 6.07) is -0.624. The minimum absolute atomic E-state index is 0.184. The molecule has 18 heavy (non-hydrogen) atoms. The Morgan fingerprint density at radius 1 is 1.22 bits per heavy atom. The Morgan fingerprint density at radius 3 is 2.56 bits per heavy atom. The Kier molecular flexibility index (Phi) is 10.3. The third-order valence-electron chi connectivity index (χ3n) is 2.63. The van der Waals surface area contributed by atoms with Crippen LogP contribution in [-0.4, -0.2) is 31.1 Å². The average molecular weight is 258 g/mol. The van der Waals surface area contributed by atoms with Crippen LogP contribution in [0.25, 0.3) is 0 Å². The molecule has 0 heterocycles. The first-order chi connectivity index (χ1) is 8.61. The van der Waals surface area contributed by atoms with Crippen molar-refractivity contribution in [2.75, 3.05) is 13.2 Å². The van der Waals surface area contributed by atoms with Gasteiger partial charge >= 0.3 is 5.97 Å². The van der Waals surface area contributed by atoms with Gasteiger partial charge in [-0.3, -0.25) is 9.59 Å². The van der Waals surface area contributed by atoms with Crippen LogP contribution in [0.4, 0.5) is 0 Å². The van der Waals surface area contributed by atoms with Gasteiger partial charge in [0.1, 0.15) is 0 Å². The predicted octanol–water partition coefficient (Wildman–Crippen LogP) is 1.35. The lowest BCUT2D eigenvalue weighted by atomic mass is 10.1. The molecule has 0 aromatic carbocycles. The highest BCUT2D eigenvalue weighted by molar-refractivity contribution is 5.82. The van der Waals surface area contributed by atoms with Gasteiger partial charge < -0.3 is 15.8 Å². The molecule has 5 heteroatoms. The number of carbonyl (C=O) groups excluding carboxylic acids is 2. The van der Waals surface area contributed by atoms with E-state index in [1.54, 1.807) is 6.92 Å². The highest BCUT2D eigenvalue weighted by Gasteiger charge is 2.14. The molecule has 0 radical (unpaired) electrons. The van der Waals surface area contributed by atoms with E-state index >= 15 is 0 Å². The molecule has 0 aliphatic carbocycles. The number of esters is 1. The van der Waals surface area contributed by atoms with Gasteiger partial charge in [0.25, 0.3) is 0 Å². The van der Waals surface area contributed by atoms with Crippen molar-refractivity contribution in [1.29, 1.82) is 0 Å². The average Bonchev–Trinajstić information content (AvgIpc) is 2.35. The molecule has 1 amide bonds. The maximum absolute atomic E-state index is 11.6. The number of rotatable bonds is 10. The Labute approximate surface area is 109 Å². The number of unbranched alkanes of at least 4 members (excludes halogenated alkanes) is 3. The largest absolute Gasteiger partial charge is 0.466 e. The molecule has 0 saturated heterocycles. The molecule has 106 valence electrons. The van der Waals surface area contributed by atoms with E-state index in [1.165, 1.54) is 12.8 Å². The van der Waals surface area contributed by atoms with E-state index in [0.717, 1.165) is 12.8 Å². The lowest BCUT2D eigenvalue weighted by molar-refractivity contribution is -0.143. The molecule has 0 aromatic rings. The standard InChI is InChI=1S/C13H26N2O3/c1-3-5-6-7-10-15-13(17)11(14)8-9-12(16)18-4-2/h11H,3-10,14H2,1-2H3,(H,15,17). The smallest absolute Gasteiger partial charge is 0.305 e. The van der Waals surface area contributed by atoms with Gasteiger partial charge in [-0.2, -0.15) is 0 Å². The van der Waals surface area contributed by atoms with E-state index in [0.29, 0.717) is 19.6 Å². The quantitative estimate of drug-likeness (QED) is 0.458. The summed E-state index contributed by atoms with van der Waals surface area (Å²) in [4.78, 5) is 22.7. The fourth-order valence-corrected chi connectivity index (χ4v) is 1.53. The van der Waals surface area contributed by atoms with Crippen molar-refractivity contribution >= 4 is 11.9 Å². The lowest BCUT2D eigenvalue weighted by Gasteiger charge is -2.11. The van der Waals surface area contributed by atoms with E-state index in [4.69, 9.17) is 10.5 Å². The third-order valence-corrected chi connectivity index (χ3v) is 2.63. The summed E-state index contributed by atoms with van der Waals surface area (Å²) in [6.45, 7) is 4.91. The molecular weight excluding hydrogens is 232 g/mol. The number of amides is 1. The zero-order chi connectivity index (χ0) is 13.8. The fourth-order valence-electron chi connectivity index (χ4n) is 1.53. The molecule has 0 aliphatic heterocycles. The Bertz CT molecular complexity index is 244. The van der Waals surface area contributed by atoms with Gasteiger partial charge in [-0.15, -0.1) is 0 Å². The third kappa shape index (κ3) is 8.98. The predicted molar refractivity (Wildman–Crippen MR) is 71.0 cm³/mol. The van der Waals surface area contributed by atoms with Crippen molar-refractivity contribution in [2.45, 2.75) is 58.4 Å². The minimum atomic E-state index is -0.624. The van der Waals surface area contributed by atoms with E-state index < -0.39 is 6.04 Å². The van der Waals surface area contributed by atoms with Gasteiger partial charge in [0.2, 0.25) is 5.91 Å². The number of carbonyl (C=O) groups is 2. The van der Waals surface area contributed by atoms with E-state index in [-0.39, 0.29) is 18.3 Å². The van der Waals surface area contributed by atoms with Gasteiger partial charge in [0.15, 0.2) is 0 Å². The number of ether oxygens (including phenoxy) is 1. The molecule has 0 saturated carbocycles. The number of nitrogens with two attached hydrogens (primary N) is 1. The molecule has 0 aromatic heterocycles. The molecule has 0 aliphatic rings. The molecule has 0 rings (SSSR count). The molecule has 0 spiro atoms. The maximum atomic E-state index is 11.6. The van der Waals surface area contributed by atoms with E-state index in [9.17, 15) is 9.59 Å². The Hall–Kier alpha value is -1.10. The van der Waals surface area contributed by atoms with Crippen LogP contribution in [-0.2, 0) is 14.3 Å². The molecule has 0 bridgehead atoms. The number of hydrogen-bond acceptors (Lipinski definition) is 4. The van der Waals surface area contributed by atoms with Crippen LogP contribution in [0.5, 0.6) is 0 Å². The second-order valence-corrected chi connectivity index (χ2v) is 4.30. The van der Waals surface area contributed by atoms with Crippen molar-refractivity contribution in [1.82, 2.24) is 5.32 Å². The Morgan fingerprint density at radius 2 is 1.94 bits per heavy atom. The summed E-state index contributed by atoms with van der Waals surface area (Å²) in [5.74, 6) is -0.487. The van der Waals surface area contributed by atoms with E-state index in [2.05, 4.69) is 12.2 Å². The Balaban J connectivity index is 3.60. The van der Waals surface area contributed by atoms with Crippen molar-refractivity contribution in [3.05, 3.63) is 0 Å². The lowest BCUT2D eigenvalue weighted by Crippen LogP contribution is -2.41. The van der Waals surface area contributed by atoms with Crippen LogP contribution in [0.1, 0.15) is 52.4 Å². The molecule has 0 fully saturated rings. The highest BCUT2D eigenvalue weighted by Crippen LogP contribution is 1.99. The van der Waals surface area contributed by atoms with Gasteiger partial charge in [-0.1, -0.05) is 26.2 Å². The first-order valence-electron chi connectivity index (χ1n) is 6.80. The summed E-state index contributed by atoms with van der Waals surface area (Å²) >= 11 is 0. The highest BCUT2D eigenvalue weighted by atomic mass is 16.5. The minimum Gasteiger partial charge on any atom is -0.466 e. The van der Waals surface area contributed by atoms with Crippen molar-refractivity contribution < 1.29 is 14.3 Å². The molecule has 3 N–H and O–H groups in total. The van der Waals surface area contributed by atoms with Crippen LogP contribution in [0.15, 0.2) is 0 Å². The summed E-state index contributed by atoms with van der Waals surface area (Å²) in [7, 11) is 0. The maximum Gasteiger partial charge on any atom is 0.305 e. The van der Waals surface area contributed by atoms with Gasteiger partial charge in [0.05, 0.1) is 12.6 Å². The number of nitrogens with one attached hydrogen (secondary N) is 1. The zero-order valence-electron chi connectivity index (χ0n) is 11.5. The van der Waals surface area contributed by atoms with Crippen LogP contribution in [0.3, 0.4) is 0 Å². The van der Waals surface area contributed by atoms with Crippen LogP contribution in [0, 0.1) is 0 Å². The summed E-state index contributed by atoms with van der Waals surface area (Å²) in [5, 5.41) is 2.78. The SMILES string of the molecule is CCCCCCNC(=O)C(N)CCC(=O)OCC. The van der Waals surface area contributed by atoms with Crippen LogP contribution < -0.4 is 11.1 Å². The van der Waals surface area contributed by atoms with Gasteiger partial charge in [-0.25, -0.2) is 0 Å². The normalized spacial score (nSPS) is 11.9. The van der Waals surface area contributed by atoms with Crippen molar-refractivity contribution in [3.63, 3.8) is 0 Å². The molecule has 5 nitrogen and oxygen atoms in total. The summed E-state index contributed by atoms with van der Waals surface area (Å²) in [6.07, 6.45) is 4.98. The van der Waals surface area contributed by atoms with Gasteiger partial charge in [-0.05, 0) is 19.8 Å². The second kappa shape index (κ2) is 11.0. The van der Waals surface area contributed by atoms with Crippen molar-refractivity contribution in [2.24, 2.45) is 5.73 Å². The van der Waals surface area contributed by atoms with Crippen molar-refractivity contribution in [3.8, 4) is 0 Å². The first kappa shape index (κ1) is 16.9. The fraction of sp³-hybridized carbons (Fsp3) is 0.846. The molecular formula is C13H26N2O3. The second-order valence-electron chi connectivity index (χ2n) is 4.30. The van der Waals surface area contributed by atoms with Crippen LogP contribution >= 0.6 is 0 Å². The molecule has 1 unspecified atom stereocenters. The van der Waals surface area contributed by atoms with E-state index in [1.807, 2.05) is 0 Å². The van der Waals surface area contributed by atoms with Gasteiger partial charge in [0, 0.05) is 13.0 Å². The first-order valence-corrected chi connectivity index (χ1v) is 6.80. The number of hydrogen-bond donors (Lipinski definition) is 2. The molecule has 1 atom stereocenters. The topological polar surface area (TPSA) is 81.4 Å². The summed E-state index contributed by atoms with van der Waals surface area (Å²) in [5.41, 5.74) is 5.68. The monoisotopic (exact) mass is 258 g/mol. The zero-order valence-corrected chi connectivity index (χ0v) is 11.5.